The van der Waals surface area contributed by atoms with Crippen molar-refractivity contribution < 1.29 is 125 Å². The Hall–Kier alpha value is -6.14. The van der Waals surface area contributed by atoms with Gasteiger partial charge < -0.3 is 107 Å². The van der Waals surface area contributed by atoms with Crippen molar-refractivity contribution in [1.82, 2.24) is 0 Å². The van der Waals surface area contributed by atoms with Crippen molar-refractivity contribution in [2.24, 2.45) is 0 Å². The molecule has 1 aliphatic rings. The molecule has 1 aliphatic heterocycles. The summed E-state index contributed by atoms with van der Waals surface area (Å²) in [4.78, 5) is 0. The number of halogens is 16. The lowest BCUT2D eigenvalue weighted by atomic mass is 10.1. The third-order valence-electron chi connectivity index (χ3n) is 10.2. The lowest BCUT2D eigenvalue weighted by Crippen LogP contribution is -2.43. The summed E-state index contributed by atoms with van der Waals surface area (Å²) in [5, 5.41) is 0. The highest BCUT2D eigenvalue weighted by molar-refractivity contribution is 6.51. The van der Waals surface area contributed by atoms with E-state index < -0.39 is 29.0 Å². The second kappa shape index (κ2) is 42.6. The van der Waals surface area contributed by atoms with Gasteiger partial charge in [-0.05, 0) is 22.3 Å². The Morgan fingerprint density at radius 1 is 0.238 bits per heavy atom. The van der Waals surface area contributed by atoms with Gasteiger partial charge in [-0.25, -0.2) is 9.13 Å². The van der Waals surface area contributed by atoms with Gasteiger partial charge in [0, 0.05) is 59.7 Å². The molecule has 7 rings (SSSR count). The van der Waals surface area contributed by atoms with E-state index in [4.69, 9.17) is 37.9 Å². The summed E-state index contributed by atoms with van der Waals surface area (Å²) in [6.07, 6.45) is 17.3. The highest BCUT2D eigenvalue weighted by atomic mass is 19.5. The Kier molecular flexibility index (Phi) is 37.5. The van der Waals surface area contributed by atoms with Gasteiger partial charge in [-0.3, -0.25) is 0 Å². The van der Waals surface area contributed by atoms with E-state index >= 15 is 0 Å². The molecular formula is C52H66B4F16N4O8. The lowest BCUT2D eigenvalue weighted by molar-refractivity contribution is -0.778. The highest BCUT2D eigenvalue weighted by Crippen LogP contribution is 2.17. The number of nitrogens with zero attached hydrogens (tertiary/aromatic N) is 4. The van der Waals surface area contributed by atoms with Gasteiger partial charge >= 0.3 is 29.0 Å². The second-order valence-corrected chi connectivity index (χ2v) is 17.0. The molecule has 0 amide bonds. The predicted octanol–water partition coefficient (Wildman–Crippen LogP) is 10.3. The van der Waals surface area contributed by atoms with E-state index in [-0.39, 0.29) is 0 Å². The SMILES string of the molecule is C1COCCOCCOCCOCCOCCOCCOCCO1.F[B-](F)(F)F.F[B-](F)(F)F.F[B-](F)(F)F.F[B-](F)(F)F.c1ccc(C[n+]2ccc(-c3cc[n+](CC[n+]4ccc(-c5cc[n+](Cc6ccccc6)cc5)cc4)cc3)cc2)cc1. The highest BCUT2D eigenvalue weighted by Gasteiger charge is 2.22. The van der Waals surface area contributed by atoms with Crippen molar-refractivity contribution in [2.45, 2.75) is 26.2 Å². The average molecular weight is 1220 g/mol. The first-order chi connectivity index (χ1) is 39.8. The molecule has 12 nitrogen and oxygen atoms in total. The van der Waals surface area contributed by atoms with Crippen molar-refractivity contribution in [3.05, 3.63) is 170 Å². The number of ether oxygens (including phenoxy) is 8. The molecular weight excluding hydrogens is 1160 g/mol. The van der Waals surface area contributed by atoms with Crippen LogP contribution in [0.5, 0.6) is 0 Å². The normalized spacial score (nSPS) is 14.9. The number of hydrogen-bond donors (Lipinski definition) is 0. The number of benzene rings is 2. The van der Waals surface area contributed by atoms with Crippen LogP contribution < -0.4 is 18.3 Å². The monoisotopic (exact) mass is 1220 g/mol. The van der Waals surface area contributed by atoms with Gasteiger partial charge in [0.2, 0.25) is 13.1 Å². The fourth-order valence-electron chi connectivity index (χ4n) is 6.69. The van der Waals surface area contributed by atoms with Gasteiger partial charge in [-0.2, -0.15) is 9.13 Å². The van der Waals surface area contributed by atoms with Crippen molar-refractivity contribution in [3.8, 4) is 22.3 Å². The van der Waals surface area contributed by atoms with E-state index in [1.165, 1.54) is 33.4 Å². The molecule has 0 atom stereocenters. The molecule has 0 unspecified atom stereocenters. The zero-order chi connectivity index (χ0) is 62.0. The van der Waals surface area contributed by atoms with Crippen molar-refractivity contribution in [2.75, 3.05) is 106 Å². The van der Waals surface area contributed by atoms with Crippen LogP contribution in [-0.4, -0.2) is 135 Å². The topological polar surface area (TPSA) is 89.4 Å². The van der Waals surface area contributed by atoms with Crippen LogP contribution in [0.4, 0.5) is 69.1 Å². The Bertz CT molecular complexity index is 2230. The van der Waals surface area contributed by atoms with Crippen LogP contribution in [0, 0.1) is 0 Å². The standard InChI is InChI=1S/C36H34N4.C16H32O8.4BF4/c1-3-7-31(8-4-1)29-39-23-15-35(16-24-39)33-11-19-37(20-12-33)27-28-38-21-13-34(14-22-38)36-17-25-40(26-18-36)30-32-9-5-2-6-10-32;1-2-18-5-6-20-9-10-22-13-14-24-16-15-23-12-11-21-8-7-19-4-3-17-1;4*2-1(3,4)5/h1-26H,27-30H2;1-16H2;;;;/q+4;;4*-1. The summed E-state index contributed by atoms with van der Waals surface area (Å²) < 4.78 is 208. The largest absolute Gasteiger partial charge is 0.673 e. The maximum absolute atomic E-state index is 9.75. The minimum atomic E-state index is -6.00. The Morgan fingerprint density at radius 2 is 0.393 bits per heavy atom. The predicted molar refractivity (Wildman–Crippen MR) is 283 cm³/mol. The summed E-state index contributed by atoms with van der Waals surface area (Å²) in [7, 11) is -24.0. The van der Waals surface area contributed by atoms with Crippen molar-refractivity contribution >= 4 is 29.0 Å². The Labute approximate surface area is 477 Å². The maximum Gasteiger partial charge on any atom is 0.673 e. The molecule has 84 heavy (non-hydrogen) atoms. The van der Waals surface area contributed by atoms with E-state index in [1.54, 1.807) is 0 Å². The fraction of sp³-hybridized carbons (Fsp3) is 0.385. The smallest absolute Gasteiger partial charge is 0.418 e. The van der Waals surface area contributed by atoms with Crippen LogP contribution in [-0.2, 0) is 64.1 Å². The van der Waals surface area contributed by atoms with Gasteiger partial charge in [0.15, 0.2) is 62.7 Å². The molecule has 0 radical (unpaired) electrons. The maximum atomic E-state index is 9.75. The Morgan fingerprint density at radius 3 is 0.560 bits per heavy atom. The third kappa shape index (κ3) is 47.2. The molecule has 0 spiro atoms. The summed E-state index contributed by atoms with van der Waals surface area (Å²) in [5.74, 6) is 0. The van der Waals surface area contributed by atoms with Gasteiger partial charge in [0.25, 0.3) is 0 Å². The minimum Gasteiger partial charge on any atom is -0.418 e. The molecule has 4 aromatic heterocycles. The zero-order valence-electron chi connectivity index (χ0n) is 45.6. The molecule has 0 N–H and O–H groups in total. The second-order valence-electron chi connectivity index (χ2n) is 17.0. The zero-order valence-corrected chi connectivity index (χ0v) is 45.6. The number of hydrogen-bond acceptors (Lipinski definition) is 8. The fourth-order valence-corrected chi connectivity index (χ4v) is 6.69. The van der Waals surface area contributed by atoms with Gasteiger partial charge in [-0.1, -0.05) is 60.7 Å². The van der Waals surface area contributed by atoms with Gasteiger partial charge in [0.05, 0.1) is 106 Å². The molecule has 0 aliphatic carbocycles. The summed E-state index contributed by atoms with van der Waals surface area (Å²) in [6, 6.07) is 38.7. The number of rotatable bonds is 9. The molecule has 1 fully saturated rings. The van der Waals surface area contributed by atoms with Gasteiger partial charge in [0.1, 0.15) is 0 Å². The van der Waals surface area contributed by atoms with Crippen LogP contribution in [0.2, 0.25) is 0 Å². The van der Waals surface area contributed by atoms with E-state index in [0.29, 0.717) is 106 Å². The molecule has 2 aromatic carbocycles. The number of pyridine rings is 4. The van der Waals surface area contributed by atoms with Crippen molar-refractivity contribution in [3.63, 3.8) is 0 Å². The molecule has 466 valence electrons. The van der Waals surface area contributed by atoms with Crippen LogP contribution in [0.15, 0.2) is 159 Å². The first kappa shape index (κ1) is 74.0. The number of aromatic nitrogens is 4. The van der Waals surface area contributed by atoms with Crippen molar-refractivity contribution in [1.29, 1.82) is 0 Å². The van der Waals surface area contributed by atoms with Crippen LogP contribution in [0.3, 0.4) is 0 Å². The van der Waals surface area contributed by atoms with Crippen LogP contribution >= 0.6 is 0 Å². The summed E-state index contributed by atoms with van der Waals surface area (Å²) in [6.45, 7) is 12.5. The van der Waals surface area contributed by atoms with E-state index in [9.17, 15) is 69.1 Å². The molecule has 5 heterocycles. The van der Waals surface area contributed by atoms with Gasteiger partial charge in [-0.15, -0.1) is 0 Å². The van der Waals surface area contributed by atoms with E-state index in [2.05, 4.69) is 177 Å². The first-order valence-electron chi connectivity index (χ1n) is 25.9. The summed E-state index contributed by atoms with van der Waals surface area (Å²) >= 11 is 0. The molecule has 0 bridgehead atoms. The van der Waals surface area contributed by atoms with Crippen LogP contribution in [0.1, 0.15) is 11.1 Å². The van der Waals surface area contributed by atoms with Crippen LogP contribution in [0.25, 0.3) is 22.3 Å². The Balaban J connectivity index is 0.000000460. The summed E-state index contributed by atoms with van der Waals surface area (Å²) in [5.41, 5.74) is 7.53. The molecule has 32 heteroatoms. The average Bonchev–Trinajstić information content (AvgIpc) is 3.58. The number of aryl methyl sites for hydroxylation is 2. The molecule has 1 saturated heterocycles. The lowest BCUT2D eigenvalue weighted by Gasteiger charge is -2.09. The van der Waals surface area contributed by atoms with E-state index in [1.807, 2.05) is 0 Å². The quantitative estimate of drug-likeness (QED) is 0.0804. The first-order valence-corrected chi connectivity index (χ1v) is 25.9. The minimum absolute atomic E-state index is 0.556. The molecule has 6 aromatic rings. The van der Waals surface area contributed by atoms with E-state index in [0.717, 1.165) is 26.2 Å². The third-order valence-corrected chi connectivity index (χ3v) is 10.2. The molecule has 0 saturated carbocycles.